The topological polar surface area (TPSA) is 124 Å². The number of β-amino-alcohol motifs (C(OH)–C–C–N with tert-alkyl or cyclic N) is 1. The SMILES string of the molecule is Cc1ncc(S(=O)(=O)N2C[C@H](O)C[C@H]2C(=O)O)[nH]1. The van der Waals surface area contributed by atoms with E-state index in [9.17, 15) is 18.3 Å². The van der Waals surface area contributed by atoms with Crippen LogP contribution in [0.1, 0.15) is 12.2 Å². The number of carboxylic acid groups (broad SMARTS) is 1. The number of nitrogens with zero attached hydrogens (tertiary/aromatic N) is 2. The van der Waals surface area contributed by atoms with Gasteiger partial charge in [-0.2, -0.15) is 4.31 Å². The number of aromatic nitrogens is 2. The molecule has 0 radical (unpaired) electrons. The van der Waals surface area contributed by atoms with Gasteiger partial charge in [0, 0.05) is 13.0 Å². The zero-order valence-corrected chi connectivity index (χ0v) is 10.4. The van der Waals surface area contributed by atoms with E-state index >= 15 is 0 Å². The molecule has 2 rings (SSSR count). The first-order chi connectivity index (χ1) is 8.32. The lowest BCUT2D eigenvalue weighted by Crippen LogP contribution is -2.40. The van der Waals surface area contributed by atoms with Crippen molar-refractivity contribution in [2.75, 3.05) is 6.54 Å². The van der Waals surface area contributed by atoms with Gasteiger partial charge in [0.15, 0.2) is 5.03 Å². The Balaban J connectivity index is 2.38. The zero-order chi connectivity index (χ0) is 13.5. The molecule has 1 aromatic rings. The number of aliphatic hydroxyl groups excluding tert-OH is 1. The fourth-order valence-electron chi connectivity index (χ4n) is 1.93. The van der Waals surface area contributed by atoms with E-state index in [4.69, 9.17) is 5.11 Å². The fraction of sp³-hybridized carbons (Fsp3) is 0.556. The standard InChI is InChI=1S/C9H13N3O5S/c1-5-10-3-8(11-5)18(16,17)12-4-6(13)2-7(12)9(14)15/h3,6-7,13H,2,4H2,1H3,(H,10,11)(H,14,15)/t6-,7+/m1/s1. The second kappa shape index (κ2) is 4.34. The number of aliphatic hydroxyl groups is 1. The third-order valence-corrected chi connectivity index (χ3v) is 4.57. The minimum Gasteiger partial charge on any atom is -0.480 e. The summed E-state index contributed by atoms with van der Waals surface area (Å²) in [7, 11) is -3.97. The van der Waals surface area contributed by atoms with Gasteiger partial charge in [0.25, 0.3) is 10.0 Å². The smallest absolute Gasteiger partial charge is 0.322 e. The summed E-state index contributed by atoms with van der Waals surface area (Å²) < 4.78 is 25.2. The number of hydrogen-bond donors (Lipinski definition) is 3. The lowest BCUT2D eigenvalue weighted by Gasteiger charge is -2.19. The van der Waals surface area contributed by atoms with Crippen molar-refractivity contribution < 1.29 is 23.4 Å². The van der Waals surface area contributed by atoms with Gasteiger partial charge < -0.3 is 15.2 Å². The first kappa shape index (κ1) is 13.0. The maximum Gasteiger partial charge on any atom is 0.322 e. The number of carbonyl (C=O) groups is 1. The molecule has 0 spiro atoms. The average Bonchev–Trinajstić information content (AvgIpc) is 2.84. The van der Waals surface area contributed by atoms with Crippen LogP contribution in [0, 0.1) is 6.92 Å². The molecule has 0 saturated carbocycles. The highest BCUT2D eigenvalue weighted by Crippen LogP contribution is 2.25. The minimum absolute atomic E-state index is 0.109. The zero-order valence-electron chi connectivity index (χ0n) is 9.57. The molecule has 1 fully saturated rings. The van der Waals surface area contributed by atoms with Crippen LogP contribution in [0.3, 0.4) is 0 Å². The van der Waals surface area contributed by atoms with Gasteiger partial charge in [-0.25, -0.2) is 13.4 Å². The highest BCUT2D eigenvalue weighted by atomic mass is 32.2. The minimum atomic E-state index is -3.97. The molecule has 100 valence electrons. The second-order valence-electron chi connectivity index (χ2n) is 4.15. The number of rotatable bonds is 3. The molecule has 8 nitrogen and oxygen atoms in total. The number of aromatic amines is 1. The molecule has 1 aliphatic heterocycles. The van der Waals surface area contributed by atoms with Gasteiger partial charge in [-0.05, 0) is 6.92 Å². The Hall–Kier alpha value is -1.45. The van der Waals surface area contributed by atoms with E-state index < -0.39 is 28.1 Å². The van der Waals surface area contributed by atoms with Gasteiger partial charge in [0.2, 0.25) is 0 Å². The molecule has 1 aromatic heterocycles. The molecule has 0 amide bonds. The van der Waals surface area contributed by atoms with Crippen molar-refractivity contribution in [2.45, 2.75) is 30.5 Å². The second-order valence-corrected chi connectivity index (χ2v) is 6.01. The lowest BCUT2D eigenvalue weighted by molar-refractivity contribution is -0.140. The van der Waals surface area contributed by atoms with E-state index in [0.717, 1.165) is 10.5 Å². The van der Waals surface area contributed by atoms with Crippen molar-refractivity contribution in [3.8, 4) is 0 Å². The van der Waals surface area contributed by atoms with Crippen molar-refractivity contribution in [3.05, 3.63) is 12.0 Å². The molecular formula is C9H13N3O5S. The van der Waals surface area contributed by atoms with Crippen LogP contribution in [-0.4, -0.2) is 57.6 Å². The van der Waals surface area contributed by atoms with E-state index in [-0.39, 0.29) is 18.0 Å². The van der Waals surface area contributed by atoms with Gasteiger partial charge in [0.1, 0.15) is 11.9 Å². The molecule has 0 aromatic carbocycles. The van der Waals surface area contributed by atoms with Crippen molar-refractivity contribution in [2.24, 2.45) is 0 Å². The summed E-state index contributed by atoms with van der Waals surface area (Å²) in [5, 5.41) is 18.2. The fourth-order valence-corrected chi connectivity index (χ4v) is 3.52. The molecule has 0 aliphatic carbocycles. The monoisotopic (exact) mass is 275 g/mol. The molecule has 3 N–H and O–H groups in total. The van der Waals surface area contributed by atoms with Crippen molar-refractivity contribution in [3.63, 3.8) is 0 Å². The number of aryl methyl sites for hydroxylation is 1. The summed E-state index contributed by atoms with van der Waals surface area (Å²) in [4.78, 5) is 17.3. The molecular weight excluding hydrogens is 262 g/mol. The van der Waals surface area contributed by atoms with Crippen molar-refractivity contribution in [1.82, 2.24) is 14.3 Å². The normalized spacial score (nSPS) is 25.4. The van der Waals surface area contributed by atoms with Crippen LogP contribution in [0.4, 0.5) is 0 Å². The van der Waals surface area contributed by atoms with Crippen LogP contribution in [0.2, 0.25) is 0 Å². The Bertz CT molecular complexity index is 567. The molecule has 18 heavy (non-hydrogen) atoms. The Labute approximate surface area is 103 Å². The van der Waals surface area contributed by atoms with Gasteiger partial charge in [0.05, 0.1) is 12.3 Å². The number of sulfonamides is 1. The summed E-state index contributed by atoms with van der Waals surface area (Å²) in [5.41, 5.74) is 0. The van der Waals surface area contributed by atoms with E-state index in [0.29, 0.717) is 5.82 Å². The van der Waals surface area contributed by atoms with E-state index in [2.05, 4.69) is 9.97 Å². The van der Waals surface area contributed by atoms with Crippen molar-refractivity contribution in [1.29, 1.82) is 0 Å². The summed E-state index contributed by atoms with van der Waals surface area (Å²) in [6.07, 6.45) is 0.0561. The number of carboxylic acids is 1. The highest BCUT2D eigenvalue weighted by molar-refractivity contribution is 7.89. The van der Waals surface area contributed by atoms with Gasteiger partial charge >= 0.3 is 5.97 Å². The number of aliphatic carboxylic acids is 1. The number of imidazole rings is 1. The third-order valence-electron chi connectivity index (χ3n) is 2.78. The first-order valence-corrected chi connectivity index (χ1v) is 6.70. The van der Waals surface area contributed by atoms with Crippen LogP contribution < -0.4 is 0 Å². The molecule has 0 bridgehead atoms. The van der Waals surface area contributed by atoms with Crippen LogP contribution in [0.25, 0.3) is 0 Å². The Morgan fingerprint density at radius 3 is 2.78 bits per heavy atom. The highest BCUT2D eigenvalue weighted by Gasteiger charge is 2.44. The lowest BCUT2D eigenvalue weighted by atomic mass is 10.2. The maximum atomic E-state index is 12.2. The summed E-state index contributed by atoms with van der Waals surface area (Å²) >= 11 is 0. The van der Waals surface area contributed by atoms with Gasteiger partial charge in [-0.15, -0.1) is 0 Å². The predicted molar refractivity (Wildman–Crippen MR) is 59.3 cm³/mol. The van der Waals surface area contributed by atoms with E-state index in [1.807, 2.05) is 0 Å². The quantitative estimate of drug-likeness (QED) is 0.645. The molecule has 1 saturated heterocycles. The van der Waals surface area contributed by atoms with Gasteiger partial charge in [-0.1, -0.05) is 0 Å². The van der Waals surface area contributed by atoms with Crippen molar-refractivity contribution >= 4 is 16.0 Å². The van der Waals surface area contributed by atoms with Crippen LogP contribution >= 0.6 is 0 Å². The number of H-pyrrole nitrogens is 1. The van der Waals surface area contributed by atoms with Crippen LogP contribution in [-0.2, 0) is 14.8 Å². The van der Waals surface area contributed by atoms with Crippen LogP contribution in [0.15, 0.2) is 11.2 Å². The molecule has 9 heteroatoms. The molecule has 2 heterocycles. The summed E-state index contributed by atoms with van der Waals surface area (Å²) in [6, 6.07) is -1.24. The first-order valence-electron chi connectivity index (χ1n) is 5.26. The van der Waals surface area contributed by atoms with E-state index in [1.165, 1.54) is 0 Å². The molecule has 2 atom stereocenters. The largest absolute Gasteiger partial charge is 0.480 e. The Kier molecular flexibility index (Phi) is 3.13. The average molecular weight is 275 g/mol. The third kappa shape index (κ3) is 2.11. The Morgan fingerprint density at radius 1 is 1.61 bits per heavy atom. The number of nitrogens with one attached hydrogen (secondary N) is 1. The van der Waals surface area contributed by atoms with E-state index in [1.54, 1.807) is 6.92 Å². The molecule has 1 aliphatic rings. The maximum absolute atomic E-state index is 12.2. The van der Waals surface area contributed by atoms with Crippen LogP contribution in [0.5, 0.6) is 0 Å². The summed E-state index contributed by atoms with van der Waals surface area (Å²) in [6.45, 7) is 1.36. The van der Waals surface area contributed by atoms with Gasteiger partial charge in [-0.3, -0.25) is 4.79 Å². The molecule has 0 unspecified atom stereocenters. The predicted octanol–water partition coefficient (Wildman–Crippen LogP) is -1.07. The summed E-state index contributed by atoms with van der Waals surface area (Å²) in [5.74, 6) is -0.855. The Morgan fingerprint density at radius 2 is 2.28 bits per heavy atom. The number of hydrogen-bond acceptors (Lipinski definition) is 5.